The predicted octanol–water partition coefficient (Wildman–Crippen LogP) is 7.41. The molecule has 0 unspecified atom stereocenters. The highest BCUT2D eigenvalue weighted by Gasteiger charge is 2.22. The molecule has 7 nitrogen and oxygen atoms in total. The lowest BCUT2D eigenvalue weighted by molar-refractivity contribution is -0.384. The van der Waals surface area contributed by atoms with Gasteiger partial charge in [-0.1, -0.05) is 78.6 Å². The van der Waals surface area contributed by atoms with Crippen molar-refractivity contribution in [2.24, 2.45) is 0 Å². The fourth-order valence-electron chi connectivity index (χ4n) is 4.10. The van der Waals surface area contributed by atoms with E-state index in [1.165, 1.54) is 12.1 Å². The number of nitrogens with zero attached hydrogens (tertiary/aromatic N) is 2. The van der Waals surface area contributed by atoms with E-state index in [0.717, 1.165) is 77.0 Å². The van der Waals surface area contributed by atoms with Gasteiger partial charge < -0.3 is 14.0 Å². The van der Waals surface area contributed by atoms with E-state index in [1.807, 2.05) is 0 Å². The summed E-state index contributed by atoms with van der Waals surface area (Å²) in [5.41, 5.74) is 0.248. The Bertz CT molecular complexity index is 954. The Balaban J connectivity index is 2.48. The quantitative estimate of drug-likeness (QED) is 0.128. The maximum absolute atomic E-state index is 13.6. The SMILES string of the molecule is CCCCCCOc1c(OCCCCCC)c2ccc([N+](=O)[O-])cc2n(CCCCCC)c1=O. The zero-order valence-corrected chi connectivity index (χ0v) is 21.3. The Morgan fingerprint density at radius 3 is 1.91 bits per heavy atom. The molecule has 2 rings (SSSR count). The second kappa shape index (κ2) is 15.4. The van der Waals surface area contributed by atoms with Crippen molar-refractivity contribution in [1.82, 2.24) is 4.57 Å². The van der Waals surface area contributed by atoms with Gasteiger partial charge in [-0.25, -0.2) is 0 Å². The Kier molecular flexibility index (Phi) is 12.5. The second-order valence-corrected chi connectivity index (χ2v) is 8.95. The normalized spacial score (nSPS) is 11.1. The molecular formula is C27H42N2O5. The summed E-state index contributed by atoms with van der Waals surface area (Å²) in [6.07, 6.45) is 12.4. The molecule has 190 valence electrons. The molecule has 0 spiro atoms. The smallest absolute Gasteiger partial charge is 0.297 e. The van der Waals surface area contributed by atoms with Crippen molar-refractivity contribution in [2.45, 2.75) is 104 Å². The summed E-state index contributed by atoms with van der Waals surface area (Å²) >= 11 is 0. The lowest BCUT2D eigenvalue weighted by Gasteiger charge is -2.19. The molecule has 0 saturated carbocycles. The van der Waals surface area contributed by atoms with Gasteiger partial charge in [-0.2, -0.15) is 0 Å². The van der Waals surface area contributed by atoms with Crippen molar-refractivity contribution in [3.8, 4) is 11.5 Å². The maximum Gasteiger partial charge on any atom is 0.297 e. The highest BCUT2D eigenvalue weighted by atomic mass is 16.6. The molecule has 1 aromatic carbocycles. The Labute approximate surface area is 203 Å². The van der Waals surface area contributed by atoms with Crippen LogP contribution in [0.4, 0.5) is 5.69 Å². The number of rotatable bonds is 18. The van der Waals surface area contributed by atoms with E-state index >= 15 is 0 Å². The molecule has 0 atom stereocenters. The van der Waals surface area contributed by atoms with E-state index in [9.17, 15) is 14.9 Å². The van der Waals surface area contributed by atoms with Crippen molar-refractivity contribution < 1.29 is 14.4 Å². The molecule has 0 saturated heterocycles. The number of nitro groups is 1. The molecule has 2 aromatic rings. The molecule has 0 aliphatic rings. The molecule has 0 fully saturated rings. The predicted molar refractivity (Wildman–Crippen MR) is 138 cm³/mol. The van der Waals surface area contributed by atoms with Crippen LogP contribution >= 0.6 is 0 Å². The van der Waals surface area contributed by atoms with E-state index in [-0.39, 0.29) is 17.0 Å². The average molecular weight is 475 g/mol. The van der Waals surface area contributed by atoms with Crippen LogP contribution in [-0.4, -0.2) is 22.7 Å². The first-order valence-corrected chi connectivity index (χ1v) is 13.2. The van der Waals surface area contributed by atoms with Crippen molar-refractivity contribution in [3.63, 3.8) is 0 Å². The molecular weight excluding hydrogens is 432 g/mol. The van der Waals surface area contributed by atoms with Gasteiger partial charge in [0.25, 0.3) is 11.2 Å². The van der Waals surface area contributed by atoms with E-state index in [2.05, 4.69) is 20.8 Å². The van der Waals surface area contributed by atoms with E-state index in [1.54, 1.807) is 10.6 Å². The van der Waals surface area contributed by atoms with Gasteiger partial charge in [0.15, 0.2) is 5.75 Å². The van der Waals surface area contributed by atoms with Crippen LogP contribution in [-0.2, 0) is 6.54 Å². The maximum atomic E-state index is 13.6. The van der Waals surface area contributed by atoms with E-state index in [0.29, 0.717) is 36.4 Å². The minimum absolute atomic E-state index is 0.0312. The van der Waals surface area contributed by atoms with Gasteiger partial charge in [0, 0.05) is 24.1 Å². The van der Waals surface area contributed by atoms with Gasteiger partial charge in [-0.3, -0.25) is 14.9 Å². The van der Waals surface area contributed by atoms with Gasteiger partial charge in [-0.05, 0) is 25.3 Å². The zero-order valence-electron chi connectivity index (χ0n) is 21.3. The number of non-ortho nitro benzene ring substituents is 1. The molecule has 7 heteroatoms. The molecule has 0 amide bonds. The van der Waals surface area contributed by atoms with Gasteiger partial charge in [0.2, 0.25) is 5.75 Å². The topological polar surface area (TPSA) is 83.6 Å². The summed E-state index contributed by atoms with van der Waals surface area (Å²) in [5, 5.41) is 12.1. The Morgan fingerprint density at radius 1 is 0.794 bits per heavy atom. The fraction of sp³-hybridized carbons (Fsp3) is 0.667. The number of benzene rings is 1. The lowest BCUT2D eigenvalue weighted by atomic mass is 10.1. The highest BCUT2D eigenvalue weighted by Crippen LogP contribution is 2.35. The number of pyridine rings is 1. The van der Waals surface area contributed by atoms with Crippen LogP contribution in [0.2, 0.25) is 0 Å². The Morgan fingerprint density at radius 2 is 1.35 bits per heavy atom. The van der Waals surface area contributed by atoms with Crippen LogP contribution in [0.1, 0.15) is 97.8 Å². The molecule has 1 heterocycles. The summed E-state index contributed by atoms with van der Waals surface area (Å²) in [7, 11) is 0. The summed E-state index contributed by atoms with van der Waals surface area (Å²) in [6.45, 7) is 7.90. The van der Waals surface area contributed by atoms with Gasteiger partial charge >= 0.3 is 0 Å². The third-order valence-electron chi connectivity index (χ3n) is 6.10. The number of aromatic nitrogens is 1. The number of ether oxygens (including phenoxy) is 2. The molecule has 0 N–H and O–H groups in total. The van der Waals surface area contributed by atoms with Crippen molar-refractivity contribution >= 4 is 16.6 Å². The number of hydrogen-bond acceptors (Lipinski definition) is 5. The zero-order chi connectivity index (χ0) is 24.8. The summed E-state index contributed by atoms with van der Waals surface area (Å²) in [6, 6.07) is 4.66. The van der Waals surface area contributed by atoms with E-state index in [4.69, 9.17) is 9.47 Å². The molecule has 34 heavy (non-hydrogen) atoms. The summed E-state index contributed by atoms with van der Waals surface area (Å²) in [5.74, 6) is 0.663. The Hall–Kier alpha value is -2.57. The van der Waals surface area contributed by atoms with Crippen LogP contribution in [0.5, 0.6) is 11.5 Å². The van der Waals surface area contributed by atoms with Crippen LogP contribution in [0.3, 0.4) is 0 Å². The van der Waals surface area contributed by atoms with Crippen molar-refractivity contribution in [2.75, 3.05) is 13.2 Å². The molecule has 0 aliphatic heterocycles. The van der Waals surface area contributed by atoms with Gasteiger partial charge in [0.1, 0.15) is 0 Å². The van der Waals surface area contributed by atoms with Crippen LogP contribution in [0.25, 0.3) is 10.9 Å². The first-order valence-electron chi connectivity index (χ1n) is 13.2. The second-order valence-electron chi connectivity index (χ2n) is 8.95. The summed E-state index contributed by atoms with van der Waals surface area (Å²) < 4.78 is 13.8. The van der Waals surface area contributed by atoms with Crippen molar-refractivity contribution in [1.29, 1.82) is 0 Å². The lowest BCUT2D eigenvalue weighted by Crippen LogP contribution is -2.24. The van der Waals surface area contributed by atoms with Crippen LogP contribution in [0, 0.1) is 10.1 Å². The van der Waals surface area contributed by atoms with E-state index < -0.39 is 4.92 Å². The van der Waals surface area contributed by atoms with Gasteiger partial charge in [0.05, 0.1) is 23.7 Å². The number of hydrogen-bond donors (Lipinski definition) is 0. The third kappa shape index (κ3) is 8.03. The van der Waals surface area contributed by atoms with Crippen molar-refractivity contribution in [3.05, 3.63) is 38.7 Å². The molecule has 0 bridgehead atoms. The molecule has 0 radical (unpaired) electrons. The number of unbranched alkanes of at least 4 members (excludes halogenated alkanes) is 9. The summed E-state index contributed by atoms with van der Waals surface area (Å²) in [4.78, 5) is 24.6. The first kappa shape index (κ1) is 27.7. The first-order chi connectivity index (χ1) is 16.5. The average Bonchev–Trinajstić information content (AvgIpc) is 2.83. The number of fused-ring (bicyclic) bond motifs is 1. The number of nitro benzene ring substituents is 1. The minimum atomic E-state index is -0.422. The largest absolute Gasteiger partial charge is 0.489 e. The van der Waals surface area contributed by atoms with Crippen LogP contribution < -0.4 is 15.0 Å². The molecule has 1 aromatic heterocycles. The highest BCUT2D eigenvalue weighted by molar-refractivity contribution is 5.89. The minimum Gasteiger partial charge on any atom is -0.489 e. The number of aryl methyl sites for hydroxylation is 1. The van der Waals surface area contributed by atoms with Gasteiger partial charge in [-0.15, -0.1) is 0 Å². The fourth-order valence-corrected chi connectivity index (χ4v) is 4.10. The third-order valence-corrected chi connectivity index (χ3v) is 6.10. The standard InChI is InChI=1S/C27H42N2O5/c1-4-7-10-13-18-28-24-21-22(29(31)32)16-17-23(24)25(33-19-14-11-8-5-2)26(27(28)30)34-20-15-12-9-6-3/h16-17,21H,4-15,18-20H2,1-3H3. The monoisotopic (exact) mass is 474 g/mol. The molecule has 0 aliphatic carbocycles. The van der Waals surface area contributed by atoms with Crippen LogP contribution in [0.15, 0.2) is 23.0 Å².